The van der Waals surface area contributed by atoms with Gasteiger partial charge in [0.2, 0.25) is 0 Å². The molecule has 0 saturated carbocycles. The standard InChI is InChI=1S/C12H10ClN5S/c13-11-5-16-12(19-11)6-15-9-1-3-10(4-2-9)18-8-14-7-17-18/h1-5,7-8,15H,6H2. The Hall–Kier alpha value is -1.92. The predicted molar refractivity (Wildman–Crippen MR) is 75.8 cm³/mol. The van der Waals surface area contributed by atoms with Crippen molar-refractivity contribution >= 4 is 28.6 Å². The van der Waals surface area contributed by atoms with E-state index in [-0.39, 0.29) is 0 Å². The van der Waals surface area contributed by atoms with E-state index in [4.69, 9.17) is 11.6 Å². The molecule has 1 N–H and O–H groups in total. The first-order valence-electron chi connectivity index (χ1n) is 5.60. The average Bonchev–Trinajstić information content (AvgIpc) is 3.08. The van der Waals surface area contributed by atoms with Crippen molar-refractivity contribution in [1.82, 2.24) is 19.7 Å². The second-order valence-electron chi connectivity index (χ2n) is 3.80. The van der Waals surface area contributed by atoms with Gasteiger partial charge in [0.05, 0.1) is 18.4 Å². The Morgan fingerprint density at radius 2 is 2.11 bits per heavy atom. The van der Waals surface area contributed by atoms with Gasteiger partial charge >= 0.3 is 0 Å². The number of benzene rings is 1. The van der Waals surface area contributed by atoms with Crippen LogP contribution in [0.4, 0.5) is 5.69 Å². The van der Waals surface area contributed by atoms with Crippen molar-refractivity contribution in [3.8, 4) is 5.69 Å². The number of halogens is 1. The zero-order valence-electron chi connectivity index (χ0n) is 9.82. The summed E-state index contributed by atoms with van der Waals surface area (Å²) in [5.74, 6) is 0. The number of hydrogen-bond donors (Lipinski definition) is 1. The summed E-state index contributed by atoms with van der Waals surface area (Å²) in [6.45, 7) is 0.667. The minimum atomic E-state index is 0.667. The highest BCUT2D eigenvalue weighted by Crippen LogP contribution is 2.19. The highest BCUT2D eigenvalue weighted by atomic mass is 35.5. The topological polar surface area (TPSA) is 55.6 Å². The van der Waals surface area contributed by atoms with Crippen LogP contribution in [0.15, 0.2) is 43.1 Å². The van der Waals surface area contributed by atoms with Crippen LogP contribution in [0.5, 0.6) is 0 Å². The molecule has 0 unspecified atom stereocenters. The maximum absolute atomic E-state index is 5.83. The van der Waals surface area contributed by atoms with Crippen molar-refractivity contribution in [2.45, 2.75) is 6.54 Å². The number of anilines is 1. The summed E-state index contributed by atoms with van der Waals surface area (Å²) >= 11 is 7.31. The van der Waals surface area contributed by atoms with E-state index in [1.165, 1.54) is 17.7 Å². The van der Waals surface area contributed by atoms with Crippen molar-refractivity contribution in [3.63, 3.8) is 0 Å². The largest absolute Gasteiger partial charge is 0.379 e. The van der Waals surface area contributed by atoms with Crippen LogP contribution >= 0.6 is 22.9 Å². The lowest BCUT2D eigenvalue weighted by atomic mass is 10.3. The van der Waals surface area contributed by atoms with Gasteiger partial charge in [-0.2, -0.15) is 5.10 Å². The van der Waals surface area contributed by atoms with Crippen molar-refractivity contribution in [3.05, 3.63) is 52.5 Å². The van der Waals surface area contributed by atoms with Crippen molar-refractivity contribution in [1.29, 1.82) is 0 Å². The third kappa shape index (κ3) is 2.91. The van der Waals surface area contributed by atoms with Gasteiger partial charge in [0.25, 0.3) is 0 Å². The summed E-state index contributed by atoms with van der Waals surface area (Å²) in [7, 11) is 0. The summed E-state index contributed by atoms with van der Waals surface area (Å²) in [4.78, 5) is 8.11. The smallest absolute Gasteiger partial charge is 0.138 e. The van der Waals surface area contributed by atoms with Crippen LogP contribution in [0, 0.1) is 0 Å². The summed E-state index contributed by atoms with van der Waals surface area (Å²) < 4.78 is 2.42. The SMILES string of the molecule is Clc1cnc(CNc2ccc(-n3cncn3)cc2)s1. The Bertz CT molecular complexity index is 647. The molecule has 3 rings (SSSR count). The number of thiazole rings is 1. The molecule has 0 spiro atoms. The van der Waals surface area contributed by atoms with Crippen LogP contribution in [0.2, 0.25) is 4.34 Å². The molecule has 5 nitrogen and oxygen atoms in total. The van der Waals surface area contributed by atoms with Crippen LogP contribution in [-0.4, -0.2) is 19.7 Å². The van der Waals surface area contributed by atoms with Gasteiger partial charge in [-0.25, -0.2) is 14.6 Å². The molecule has 0 bridgehead atoms. The second-order valence-corrected chi connectivity index (χ2v) is 5.55. The molecule has 2 aromatic heterocycles. The van der Waals surface area contributed by atoms with E-state index in [2.05, 4.69) is 20.4 Å². The van der Waals surface area contributed by atoms with Gasteiger partial charge in [0.1, 0.15) is 22.0 Å². The summed E-state index contributed by atoms with van der Waals surface area (Å²) in [5.41, 5.74) is 2.00. The van der Waals surface area contributed by atoms with E-state index in [1.54, 1.807) is 17.2 Å². The Morgan fingerprint density at radius 3 is 2.74 bits per heavy atom. The van der Waals surface area contributed by atoms with E-state index in [9.17, 15) is 0 Å². The Labute approximate surface area is 118 Å². The second kappa shape index (κ2) is 5.38. The molecular weight excluding hydrogens is 282 g/mol. The summed E-state index contributed by atoms with van der Waals surface area (Å²) in [6.07, 6.45) is 4.84. The monoisotopic (exact) mass is 291 g/mol. The maximum Gasteiger partial charge on any atom is 0.138 e. The highest BCUT2D eigenvalue weighted by molar-refractivity contribution is 7.15. The zero-order valence-corrected chi connectivity index (χ0v) is 11.4. The lowest BCUT2D eigenvalue weighted by Crippen LogP contribution is -1.99. The van der Waals surface area contributed by atoms with Crippen LogP contribution in [0.3, 0.4) is 0 Å². The molecule has 0 radical (unpaired) electrons. The molecule has 0 fully saturated rings. The Morgan fingerprint density at radius 1 is 1.26 bits per heavy atom. The van der Waals surface area contributed by atoms with Gasteiger partial charge in [-0.15, -0.1) is 11.3 Å². The number of hydrogen-bond acceptors (Lipinski definition) is 5. The molecule has 0 amide bonds. The summed E-state index contributed by atoms with van der Waals surface area (Å²) in [6, 6.07) is 7.94. The molecule has 19 heavy (non-hydrogen) atoms. The normalized spacial score (nSPS) is 10.6. The molecular formula is C12H10ClN5S. The van der Waals surface area contributed by atoms with Crippen molar-refractivity contribution < 1.29 is 0 Å². The van der Waals surface area contributed by atoms with E-state index < -0.39 is 0 Å². The van der Waals surface area contributed by atoms with Gasteiger partial charge < -0.3 is 5.32 Å². The maximum atomic E-state index is 5.83. The van der Waals surface area contributed by atoms with Crippen LogP contribution in [0.25, 0.3) is 5.69 Å². The third-order valence-electron chi connectivity index (χ3n) is 2.52. The summed E-state index contributed by atoms with van der Waals surface area (Å²) in [5, 5.41) is 8.33. The van der Waals surface area contributed by atoms with Crippen molar-refractivity contribution in [2.24, 2.45) is 0 Å². The van der Waals surface area contributed by atoms with Gasteiger partial charge in [-0.1, -0.05) is 11.6 Å². The zero-order chi connectivity index (χ0) is 13.1. The van der Waals surface area contributed by atoms with Crippen LogP contribution in [-0.2, 0) is 6.54 Å². The van der Waals surface area contributed by atoms with Crippen LogP contribution < -0.4 is 5.32 Å². The predicted octanol–water partition coefficient (Wildman–Crippen LogP) is 2.99. The molecule has 7 heteroatoms. The molecule has 1 aromatic carbocycles. The average molecular weight is 292 g/mol. The Balaban J connectivity index is 1.66. The molecule has 0 saturated heterocycles. The van der Waals surface area contributed by atoms with Gasteiger partial charge in [-0.3, -0.25) is 0 Å². The minimum absolute atomic E-state index is 0.667. The van der Waals surface area contributed by atoms with Crippen LogP contribution in [0.1, 0.15) is 5.01 Å². The number of nitrogens with zero attached hydrogens (tertiary/aromatic N) is 4. The fourth-order valence-corrected chi connectivity index (χ4v) is 2.52. The minimum Gasteiger partial charge on any atom is -0.379 e. The first-order valence-corrected chi connectivity index (χ1v) is 6.80. The Kier molecular flexibility index (Phi) is 3.43. The lowest BCUT2D eigenvalue weighted by molar-refractivity contribution is 0.879. The first-order chi connectivity index (χ1) is 9.31. The van der Waals surface area contributed by atoms with E-state index in [0.717, 1.165) is 16.4 Å². The van der Waals surface area contributed by atoms with Gasteiger partial charge in [0, 0.05) is 5.69 Å². The van der Waals surface area contributed by atoms with E-state index in [1.807, 2.05) is 24.3 Å². The molecule has 96 valence electrons. The molecule has 0 aliphatic heterocycles. The molecule has 0 aliphatic carbocycles. The molecule has 0 aliphatic rings. The molecule has 2 heterocycles. The van der Waals surface area contributed by atoms with E-state index in [0.29, 0.717) is 10.9 Å². The number of aromatic nitrogens is 4. The molecule has 3 aromatic rings. The highest BCUT2D eigenvalue weighted by Gasteiger charge is 2.01. The van der Waals surface area contributed by atoms with Gasteiger partial charge in [0.15, 0.2) is 0 Å². The van der Waals surface area contributed by atoms with Crippen molar-refractivity contribution in [2.75, 3.05) is 5.32 Å². The number of nitrogens with one attached hydrogen (secondary N) is 1. The quantitative estimate of drug-likeness (QED) is 0.803. The first kappa shape index (κ1) is 12.1. The number of rotatable bonds is 4. The van der Waals surface area contributed by atoms with Gasteiger partial charge in [-0.05, 0) is 24.3 Å². The lowest BCUT2D eigenvalue weighted by Gasteiger charge is -2.05. The van der Waals surface area contributed by atoms with E-state index >= 15 is 0 Å². The molecule has 0 atom stereocenters. The fourth-order valence-electron chi connectivity index (χ4n) is 1.62. The fraction of sp³-hybridized carbons (Fsp3) is 0.0833. The third-order valence-corrected chi connectivity index (χ3v) is 3.63.